The van der Waals surface area contributed by atoms with Gasteiger partial charge in [-0.15, -0.1) is 0 Å². The Kier molecular flexibility index (Phi) is 2.95. The predicted octanol–water partition coefficient (Wildman–Crippen LogP) is 2.02. The van der Waals surface area contributed by atoms with Gasteiger partial charge in [0.1, 0.15) is 5.82 Å². The molecule has 1 heterocycles. The van der Waals surface area contributed by atoms with Gasteiger partial charge in [-0.2, -0.15) is 0 Å². The Morgan fingerprint density at radius 1 is 1.11 bits per heavy atom. The van der Waals surface area contributed by atoms with Crippen molar-refractivity contribution in [3.8, 4) is 0 Å². The molecule has 0 bridgehead atoms. The largest absolute Gasteiger partial charge is 0.497 e. The SMILES string of the molecule is Cc1c(N)ccc(B2OC(C)(C)C(C)(C)O2)c1F. The fourth-order valence-electron chi connectivity index (χ4n) is 1.87. The zero-order chi connectivity index (χ0) is 13.7. The summed E-state index contributed by atoms with van der Waals surface area (Å²) in [5, 5.41) is 0. The highest BCUT2D eigenvalue weighted by atomic mass is 19.1. The molecule has 18 heavy (non-hydrogen) atoms. The topological polar surface area (TPSA) is 44.5 Å². The molecule has 0 saturated carbocycles. The summed E-state index contributed by atoms with van der Waals surface area (Å²) in [7, 11) is -0.686. The van der Waals surface area contributed by atoms with Crippen molar-refractivity contribution < 1.29 is 13.7 Å². The summed E-state index contributed by atoms with van der Waals surface area (Å²) >= 11 is 0. The van der Waals surface area contributed by atoms with Gasteiger partial charge in [0.05, 0.1) is 11.2 Å². The summed E-state index contributed by atoms with van der Waals surface area (Å²) in [5.41, 5.74) is 6.00. The van der Waals surface area contributed by atoms with E-state index in [0.29, 0.717) is 16.7 Å². The van der Waals surface area contributed by atoms with Crippen LogP contribution in [0.3, 0.4) is 0 Å². The van der Waals surface area contributed by atoms with Crippen molar-refractivity contribution in [3.05, 3.63) is 23.5 Å². The third-order valence-electron chi connectivity index (χ3n) is 3.97. The molecular formula is C13H19BFNO2. The smallest absolute Gasteiger partial charge is 0.399 e. The Morgan fingerprint density at radius 3 is 2.11 bits per heavy atom. The Labute approximate surface area is 108 Å². The summed E-state index contributed by atoms with van der Waals surface area (Å²) in [6.45, 7) is 9.41. The lowest BCUT2D eigenvalue weighted by Crippen LogP contribution is -2.41. The van der Waals surface area contributed by atoms with E-state index in [2.05, 4.69) is 0 Å². The summed E-state index contributed by atoms with van der Waals surface area (Å²) in [6.07, 6.45) is 0. The van der Waals surface area contributed by atoms with Crippen molar-refractivity contribution >= 4 is 18.3 Å². The number of hydrogen-bond acceptors (Lipinski definition) is 3. The molecule has 0 aliphatic carbocycles. The number of hydrogen-bond donors (Lipinski definition) is 1. The van der Waals surface area contributed by atoms with Crippen LogP contribution in [-0.4, -0.2) is 18.3 Å². The number of nitrogen functional groups attached to an aromatic ring is 1. The lowest BCUT2D eigenvalue weighted by molar-refractivity contribution is 0.00578. The van der Waals surface area contributed by atoms with Crippen LogP contribution in [0.2, 0.25) is 0 Å². The molecule has 3 nitrogen and oxygen atoms in total. The molecule has 1 fully saturated rings. The van der Waals surface area contributed by atoms with E-state index in [-0.39, 0.29) is 5.82 Å². The Morgan fingerprint density at radius 2 is 1.61 bits per heavy atom. The molecule has 0 unspecified atom stereocenters. The minimum Gasteiger partial charge on any atom is -0.399 e. The van der Waals surface area contributed by atoms with Crippen molar-refractivity contribution in [1.29, 1.82) is 0 Å². The van der Waals surface area contributed by atoms with Crippen molar-refractivity contribution in [2.24, 2.45) is 0 Å². The maximum atomic E-state index is 14.2. The van der Waals surface area contributed by atoms with E-state index in [9.17, 15) is 4.39 Å². The van der Waals surface area contributed by atoms with E-state index >= 15 is 0 Å². The fourth-order valence-corrected chi connectivity index (χ4v) is 1.87. The maximum absolute atomic E-state index is 14.2. The van der Waals surface area contributed by atoms with Crippen LogP contribution < -0.4 is 11.2 Å². The summed E-state index contributed by atoms with van der Waals surface area (Å²) in [5.74, 6) is -0.353. The molecule has 0 aromatic heterocycles. The number of rotatable bonds is 1. The van der Waals surface area contributed by atoms with Crippen LogP contribution >= 0.6 is 0 Å². The molecule has 98 valence electrons. The van der Waals surface area contributed by atoms with Gasteiger partial charge < -0.3 is 15.0 Å². The Bertz CT molecular complexity index is 472. The Hall–Kier alpha value is -1.07. The summed E-state index contributed by atoms with van der Waals surface area (Å²) in [4.78, 5) is 0. The molecule has 0 amide bonds. The second-order valence-electron chi connectivity index (χ2n) is 5.77. The Balaban J connectivity index is 2.39. The van der Waals surface area contributed by atoms with Gasteiger partial charge in [0.15, 0.2) is 0 Å². The summed E-state index contributed by atoms with van der Waals surface area (Å²) < 4.78 is 25.8. The van der Waals surface area contributed by atoms with E-state index in [1.807, 2.05) is 27.7 Å². The third-order valence-corrected chi connectivity index (χ3v) is 3.97. The molecule has 1 aliphatic rings. The van der Waals surface area contributed by atoms with Crippen LogP contribution in [0, 0.1) is 12.7 Å². The highest BCUT2D eigenvalue weighted by Gasteiger charge is 2.52. The maximum Gasteiger partial charge on any atom is 0.497 e. The first-order chi connectivity index (χ1) is 8.16. The van der Waals surface area contributed by atoms with Crippen molar-refractivity contribution in [2.45, 2.75) is 45.8 Å². The van der Waals surface area contributed by atoms with Crippen molar-refractivity contribution in [3.63, 3.8) is 0 Å². The minimum atomic E-state index is -0.686. The zero-order valence-electron chi connectivity index (χ0n) is 11.5. The number of nitrogens with two attached hydrogens (primary N) is 1. The van der Waals surface area contributed by atoms with Gasteiger partial charge in [-0.1, -0.05) is 6.07 Å². The van der Waals surface area contributed by atoms with Crippen LogP contribution in [0.1, 0.15) is 33.3 Å². The molecule has 2 N–H and O–H groups in total. The lowest BCUT2D eigenvalue weighted by atomic mass is 9.77. The molecule has 1 aromatic rings. The fraction of sp³-hybridized carbons (Fsp3) is 0.538. The van der Waals surface area contributed by atoms with E-state index < -0.39 is 18.3 Å². The predicted molar refractivity (Wildman–Crippen MR) is 71.3 cm³/mol. The third kappa shape index (κ3) is 1.91. The number of halogens is 1. The average molecular weight is 251 g/mol. The molecule has 0 spiro atoms. The molecule has 2 rings (SSSR count). The minimum absolute atomic E-state index is 0.353. The average Bonchev–Trinajstić information content (AvgIpc) is 2.45. The first kappa shape index (κ1) is 13.4. The van der Waals surface area contributed by atoms with Crippen molar-refractivity contribution in [2.75, 3.05) is 5.73 Å². The van der Waals surface area contributed by atoms with Gasteiger partial charge in [0, 0.05) is 16.7 Å². The van der Waals surface area contributed by atoms with E-state index in [1.54, 1.807) is 19.1 Å². The van der Waals surface area contributed by atoms with Crippen molar-refractivity contribution in [1.82, 2.24) is 0 Å². The standard InChI is InChI=1S/C13H19BFNO2/c1-8-10(16)7-6-9(11(8)15)14-17-12(2,3)13(4,5)18-14/h6-7H,16H2,1-5H3. The van der Waals surface area contributed by atoms with Crippen LogP contribution in [0.15, 0.2) is 12.1 Å². The van der Waals surface area contributed by atoms with Crippen LogP contribution in [0.5, 0.6) is 0 Å². The van der Waals surface area contributed by atoms with Gasteiger partial charge in [0.2, 0.25) is 0 Å². The molecule has 1 aromatic carbocycles. The molecular weight excluding hydrogens is 232 g/mol. The second-order valence-corrected chi connectivity index (χ2v) is 5.77. The lowest BCUT2D eigenvalue weighted by Gasteiger charge is -2.32. The van der Waals surface area contributed by atoms with Crippen LogP contribution in [0.25, 0.3) is 0 Å². The zero-order valence-corrected chi connectivity index (χ0v) is 11.5. The van der Waals surface area contributed by atoms with E-state index in [1.165, 1.54) is 0 Å². The van der Waals surface area contributed by atoms with Gasteiger partial charge in [-0.3, -0.25) is 0 Å². The second kappa shape index (κ2) is 3.97. The monoisotopic (exact) mass is 251 g/mol. The molecule has 0 radical (unpaired) electrons. The molecule has 1 aliphatic heterocycles. The highest BCUT2D eigenvalue weighted by molar-refractivity contribution is 6.62. The summed E-state index contributed by atoms with van der Waals surface area (Å²) in [6, 6.07) is 3.30. The molecule has 1 saturated heterocycles. The number of benzene rings is 1. The first-order valence-corrected chi connectivity index (χ1v) is 6.06. The molecule has 5 heteroatoms. The highest BCUT2D eigenvalue weighted by Crippen LogP contribution is 2.36. The van der Waals surface area contributed by atoms with Gasteiger partial charge in [-0.25, -0.2) is 4.39 Å². The van der Waals surface area contributed by atoms with E-state index in [4.69, 9.17) is 15.0 Å². The normalized spacial score (nSPS) is 21.3. The van der Waals surface area contributed by atoms with Gasteiger partial charge in [-0.05, 0) is 40.7 Å². The number of anilines is 1. The quantitative estimate of drug-likeness (QED) is 0.613. The molecule has 0 atom stereocenters. The van der Waals surface area contributed by atoms with Gasteiger partial charge >= 0.3 is 7.12 Å². The van der Waals surface area contributed by atoms with Crippen LogP contribution in [-0.2, 0) is 9.31 Å². The van der Waals surface area contributed by atoms with E-state index in [0.717, 1.165) is 0 Å². The van der Waals surface area contributed by atoms with Gasteiger partial charge in [0.25, 0.3) is 0 Å². The van der Waals surface area contributed by atoms with Crippen LogP contribution in [0.4, 0.5) is 10.1 Å². The first-order valence-electron chi connectivity index (χ1n) is 6.06.